The SMILES string of the molecule is Cc1cccc(-c2cc(-c3ccccc3)cc3c2OC(CCN)C3)c1. The van der Waals surface area contributed by atoms with Crippen LogP contribution in [0.15, 0.2) is 66.7 Å². The topological polar surface area (TPSA) is 35.2 Å². The maximum Gasteiger partial charge on any atom is 0.130 e. The van der Waals surface area contributed by atoms with Crippen LogP contribution in [0.2, 0.25) is 0 Å². The Balaban J connectivity index is 1.86. The van der Waals surface area contributed by atoms with E-state index >= 15 is 0 Å². The molecule has 1 heterocycles. The van der Waals surface area contributed by atoms with Gasteiger partial charge in [0.1, 0.15) is 11.9 Å². The van der Waals surface area contributed by atoms with Crippen LogP contribution in [-0.4, -0.2) is 12.6 Å². The van der Waals surface area contributed by atoms with E-state index in [1.54, 1.807) is 0 Å². The van der Waals surface area contributed by atoms with Crippen molar-refractivity contribution in [3.8, 4) is 28.0 Å². The van der Waals surface area contributed by atoms with Crippen LogP contribution >= 0.6 is 0 Å². The lowest BCUT2D eigenvalue weighted by atomic mass is 9.93. The van der Waals surface area contributed by atoms with Crippen molar-refractivity contribution in [2.75, 3.05) is 6.54 Å². The van der Waals surface area contributed by atoms with Crippen LogP contribution in [0.25, 0.3) is 22.3 Å². The molecular weight excluding hydrogens is 306 g/mol. The van der Waals surface area contributed by atoms with Crippen LogP contribution in [0.5, 0.6) is 5.75 Å². The number of ether oxygens (including phenoxy) is 1. The number of nitrogens with two attached hydrogens (primary N) is 1. The minimum Gasteiger partial charge on any atom is -0.489 e. The molecule has 0 fully saturated rings. The Morgan fingerprint density at radius 1 is 0.920 bits per heavy atom. The molecule has 25 heavy (non-hydrogen) atoms. The number of rotatable bonds is 4. The van der Waals surface area contributed by atoms with E-state index in [1.807, 2.05) is 0 Å². The minimum absolute atomic E-state index is 0.189. The van der Waals surface area contributed by atoms with Crippen molar-refractivity contribution in [2.24, 2.45) is 5.73 Å². The van der Waals surface area contributed by atoms with Gasteiger partial charge in [-0.05, 0) is 54.3 Å². The van der Waals surface area contributed by atoms with E-state index in [0.29, 0.717) is 6.54 Å². The lowest BCUT2D eigenvalue weighted by Gasteiger charge is -2.14. The number of aryl methyl sites for hydroxylation is 1. The summed E-state index contributed by atoms with van der Waals surface area (Å²) < 4.78 is 6.28. The number of hydrogen-bond acceptors (Lipinski definition) is 2. The molecule has 2 N–H and O–H groups in total. The molecule has 3 aromatic rings. The van der Waals surface area contributed by atoms with Crippen molar-refractivity contribution in [3.63, 3.8) is 0 Å². The Kier molecular flexibility index (Phi) is 4.29. The molecule has 0 radical (unpaired) electrons. The summed E-state index contributed by atoms with van der Waals surface area (Å²) in [7, 11) is 0. The average Bonchev–Trinajstić information content (AvgIpc) is 3.04. The van der Waals surface area contributed by atoms with Crippen molar-refractivity contribution in [1.82, 2.24) is 0 Å². The summed E-state index contributed by atoms with van der Waals surface area (Å²) in [6, 6.07) is 23.7. The fourth-order valence-electron chi connectivity index (χ4n) is 3.60. The predicted molar refractivity (Wildman–Crippen MR) is 104 cm³/mol. The van der Waals surface area contributed by atoms with Gasteiger partial charge in [0.2, 0.25) is 0 Å². The minimum atomic E-state index is 0.189. The van der Waals surface area contributed by atoms with Gasteiger partial charge in [-0.2, -0.15) is 0 Å². The maximum absolute atomic E-state index is 6.28. The highest BCUT2D eigenvalue weighted by Gasteiger charge is 2.26. The first-order valence-electron chi connectivity index (χ1n) is 8.90. The van der Waals surface area contributed by atoms with Gasteiger partial charge in [0, 0.05) is 12.0 Å². The molecule has 1 aliphatic heterocycles. The molecule has 2 nitrogen and oxygen atoms in total. The van der Waals surface area contributed by atoms with Gasteiger partial charge in [0.25, 0.3) is 0 Å². The molecule has 0 bridgehead atoms. The fraction of sp³-hybridized carbons (Fsp3) is 0.217. The molecule has 3 aromatic carbocycles. The summed E-state index contributed by atoms with van der Waals surface area (Å²) in [6.45, 7) is 2.78. The van der Waals surface area contributed by atoms with Crippen molar-refractivity contribution in [2.45, 2.75) is 25.9 Å². The summed E-state index contributed by atoms with van der Waals surface area (Å²) in [5, 5.41) is 0. The Morgan fingerprint density at radius 2 is 1.72 bits per heavy atom. The summed E-state index contributed by atoms with van der Waals surface area (Å²) in [5.74, 6) is 1.03. The van der Waals surface area contributed by atoms with Crippen molar-refractivity contribution in [1.29, 1.82) is 0 Å². The van der Waals surface area contributed by atoms with Crippen LogP contribution < -0.4 is 10.5 Å². The molecule has 0 aromatic heterocycles. The molecule has 0 spiro atoms. The van der Waals surface area contributed by atoms with E-state index in [-0.39, 0.29) is 6.10 Å². The van der Waals surface area contributed by atoms with E-state index in [0.717, 1.165) is 18.6 Å². The zero-order chi connectivity index (χ0) is 17.2. The Hall–Kier alpha value is -2.58. The molecule has 4 rings (SSSR count). The molecule has 2 heteroatoms. The number of benzene rings is 3. The molecule has 0 saturated carbocycles. The molecule has 126 valence electrons. The highest BCUT2D eigenvalue weighted by atomic mass is 16.5. The summed E-state index contributed by atoms with van der Waals surface area (Å²) >= 11 is 0. The normalized spacial score (nSPS) is 15.7. The lowest BCUT2D eigenvalue weighted by Crippen LogP contribution is -2.17. The van der Waals surface area contributed by atoms with Gasteiger partial charge in [0.15, 0.2) is 0 Å². The smallest absolute Gasteiger partial charge is 0.130 e. The van der Waals surface area contributed by atoms with Crippen LogP contribution in [0.1, 0.15) is 17.5 Å². The third kappa shape index (κ3) is 3.18. The van der Waals surface area contributed by atoms with Crippen molar-refractivity contribution >= 4 is 0 Å². The molecule has 1 unspecified atom stereocenters. The Labute approximate surface area is 149 Å². The first-order chi connectivity index (χ1) is 12.2. The Morgan fingerprint density at radius 3 is 2.48 bits per heavy atom. The first kappa shape index (κ1) is 15.9. The zero-order valence-corrected chi connectivity index (χ0v) is 14.5. The fourth-order valence-corrected chi connectivity index (χ4v) is 3.60. The van der Waals surface area contributed by atoms with Crippen LogP contribution in [0.4, 0.5) is 0 Å². The van der Waals surface area contributed by atoms with E-state index in [9.17, 15) is 0 Å². The van der Waals surface area contributed by atoms with Gasteiger partial charge in [-0.3, -0.25) is 0 Å². The quantitative estimate of drug-likeness (QED) is 0.732. The second kappa shape index (κ2) is 6.73. The Bertz CT molecular complexity index is 886. The summed E-state index contributed by atoms with van der Waals surface area (Å²) in [4.78, 5) is 0. The van der Waals surface area contributed by atoms with Crippen LogP contribution in [-0.2, 0) is 6.42 Å². The van der Waals surface area contributed by atoms with E-state index in [4.69, 9.17) is 10.5 Å². The van der Waals surface area contributed by atoms with E-state index in [1.165, 1.54) is 33.4 Å². The highest BCUT2D eigenvalue weighted by Crippen LogP contribution is 2.42. The van der Waals surface area contributed by atoms with E-state index < -0.39 is 0 Å². The van der Waals surface area contributed by atoms with Gasteiger partial charge >= 0.3 is 0 Å². The van der Waals surface area contributed by atoms with Crippen molar-refractivity contribution in [3.05, 3.63) is 77.9 Å². The standard InChI is InChI=1S/C23H23NO/c1-16-6-5-9-18(12-16)22-15-19(17-7-3-2-4-8-17)13-20-14-21(10-11-24)25-23(20)22/h2-9,12-13,15,21H,10-11,14,24H2,1H3. The third-order valence-corrected chi connectivity index (χ3v) is 4.82. The molecule has 1 aliphatic rings. The molecule has 0 amide bonds. The average molecular weight is 329 g/mol. The number of fused-ring (bicyclic) bond motifs is 1. The monoisotopic (exact) mass is 329 g/mol. The second-order valence-electron chi connectivity index (χ2n) is 6.77. The zero-order valence-electron chi connectivity index (χ0n) is 14.5. The summed E-state index contributed by atoms with van der Waals surface area (Å²) in [6.07, 6.45) is 2.02. The largest absolute Gasteiger partial charge is 0.489 e. The van der Waals surface area contributed by atoms with Gasteiger partial charge in [-0.1, -0.05) is 60.2 Å². The second-order valence-corrected chi connectivity index (χ2v) is 6.77. The van der Waals surface area contributed by atoms with Gasteiger partial charge in [-0.15, -0.1) is 0 Å². The van der Waals surface area contributed by atoms with Gasteiger partial charge in [-0.25, -0.2) is 0 Å². The van der Waals surface area contributed by atoms with E-state index in [2.05, 4.69) is 73.7 Å². The predicted octanol–water partition coefficient (Wildman–Crippen LogP) is 4.98. The third-order valence-electron chi connectivity index (χ3n) is 4.82. The summed E-state index contributed by atoms with van der Waals surface area (Å²) in [5.41, 5.74) is 13.2. The van der Waals surface area contributed by atoms with Gasteiger partial charge in [0.05, 0.1) is 0 Å². The number of hydrogen-bond donors (Lipinski definition) is 1. The molecule has 0 aliphatic carbocycles. The van der Waals surface area contributed by atoms with Crippen LogP contribution in [0, 0.1) is 6.92 Å². The van der Waals surface area contributed by atoms with Crippen molar-refractivity contribution < 1.29 is 4.74 Å². The van der Waals surface area contributed by atoms with Gasteiger partial charge < -0.3 is 10.5 Å². The first-order valence-corrected chi connectivity index (χ1v) is 8.90. The molecular formula is C23H23NO. The maximum atomic E-state index is 6.28. The highest BCUT2D eigenvalue weighted by molar-refractivity contribution is 5.80. The molecule has 1 atom stereocenters. The van der Waals surface area contributed by atoms with Crippen LogP contribution in [0.3, 0.4) is 0 Å². The lowest BCUT2D eigenvalue weighted by molar-refractivity contribution is 0.225. The molecule has 0 saturated heterocycles.